The van der Waals surface area contributed by atoms with Crippen LogP contribution in [0.2, 0.25) is 0 Å². The Bertz CT molecular complexity index is 210. The van der Waals surface area contributed by atoms with E-state index in [1.54, 1.807) is 10.6 Å². The normalized spacial score (nSPS) is 10.8. The molecule has 0 aromatic carbocycles. The molecule has 0 aromatic rings. The molecule has 0 spiro atoms. The van der Waals surface area contributed by atoms with Crippen molar-refractivity contribution in [1.29, 1.82) is 0 Å². The van der Waals surface area contributed by atoms with Gasteiger partial charge in [0.1, 0.15) is 0 Å². The minimum absolute atomic E-state index is 0.930. The van der Waals surface area contributed by atoms with Crippen LogP contribution in [0.5, 0.6) is 0 Å². The minimum atomic E-state index is -2.30. The van der Waals surface area contributed by atoms with E-state index in [-0.39, 0.29) is 0 Å². The average Bonchev–Trinajstić information content (AvgIpc) is 2.01. The van der Waals surface area contributed by atoms with Gasteiger partial charge in [0.05, 0.1) is 0 Å². The molecule has 0 atom stereocenters. The fourth-order valence-corrected chi connectivity index (χ4v) is 0.723. The Morgan fingerprint density at radius 3 is 1.60 bits per heavy atom. The van der Waals surface area contributed by atoms with Gasteiger partial charge in [0.25, 0.3) is 0 Å². The molecule has 0 saturated carbocycles. The topological polar surface area (TPSA) is 169 Å². The third-order valence-corrected chi connectivity index (χ3v) is 1.11. The van der Waals surface area contributed by atoms with Crippen molar-refractivity contribution in [3.63, 3.8) is 0 Å². The monoisotopic (exact) mass is 224 g/mol. The highest BCUT2D eigenvalue weighted by molar-refractivity contribution is 5.75. The molecule has 88 valence electrons. The lowest BCUT2D eigenvalue weighted by Crippen LogP contribution is -2.66. The highest BCUT2D eigenvalue weighted by atomic mass is 16.8. The largest absolute Gasteiger partial charge is 0.370 e. The number of carbonyl (C=O) groups is 2. The molecule has 0 unspecified atom stereocenters. The van der Waals surface area contributed by atoms with Crippen LogP contribution >= 0.6 is 0 Å². The molecule has 10 heteroatoms. The van der Waals surface area contributed by atoms with E-state index in [0.29, 0.717) is 0 Å². The molecule has 0 aliphatic rings. The predicted octanol–water partition coefficient (Wildman–Crippen LogP) is -3.13. The second kappa shape index (κ2) is 5.98. The van der Waals surface area contributed by atoms with E-state index in [9.17, 15) is 9.59 Å². The predicted molar refractivity (Wildman–Crippen MR) is 44.5 cm³/mol. The average molecular weight is 224 g/mol. The van der Waals surface area contributed by atoms with Crippen LogP contribution in [-0.4, -0.2) is 41.9 Å². The van der Waals surface area contributed by atoms with E-state index >= 15 is 0 Å². The number of amides is 4. The van der Waals surface area contributed by atoms with Gasteiger partial charge < -0.3 is 21.7 Å². The first kappa shape index (κ1) is 13.4. The van der Waals surface area contributed by atoms with Crippen LogP contribution in [0, 0.1) is 0 Å². The van der Waals surface area contributed by atoms with Gasteiger partial charge in [-0.25, -0.2) is 9.59 Å². The first-order valence-electron chi connectivity index (χ1n) is 3.60. The standard InChI is InChI=1S/C5H12N4O6/c6-3(12)8-5(14-1-10,15-2-11)9-4(7)13/h10-11H,1-2H2,(H3,6,8,12)(H3,7,9,13). The Morgan fingerprint density at radius 1 is 1.07 bits per heavy atom. The van der Waals surface area contributed by atoms with Crippen molar-refractivity contribution in [2.24, 2.45) is 11.5 Å². The quantitative estimate of drug-likeness (QED) is 0.260. The molecule has 0 aliphatic heterocycles. The number of rotatable bonds is 6. The number of hydrogen-bond acceptors (Lipinski definition) is 6. The second-order valence-corrected chi connectivity index (χ2v) is 2.14. The van der Waals surface area contributed by atoms with Crippen LogP contribution in [0.1, 0.15) is 0 Å². The van der Waals surface area contributed by atoms with Crippen molar-refractivity contribution in [2.75, 3.05) is 13.6 Å². The number of primary amides is 2. The van der Waals surface area contributed by atoms with Crippen molar-refractivity contribution < 1.29 is 29.3 Å². The number of ether oxygens (including phenoxy) is 2. The zero-order valence-electron chi connectivity index (χ0n) is 7.60. The summed E-state index contributed by atoms with van der Waals surface area (Å²) in [4.78, 5) is 21.1. The van der Waals surface area contributed by atoms with E-state index in [1.165, 1.54) is 0 Å². The third kappa shape index (κ3) is 4.97. The Hall–Kier alpha value is -1.62. The maximum absolute atomic E-state index is 10.5. The third-order valence-electron chi connectivity index (χ3n) is 1.11. The summed E-state index contributed by atoms with van der Waals surface area (Å²) in [6, 6.07) is -4.57. The van der Waals surface area contributed by atoms with Gasteiger partial charge in [-0.2, -0.15) is 0 Å². The molecule has 0 aromatic heterocycles. The van der Waals surface area contributed by atoms with Crippen molar-refractivity contribution in [3.05, 3.63) is 0 Å². The van der Waals surface area contributed by atoms with Gasteiger partial charge >= 0.3 is 18.1 Å². The number of aliphatic hydroxyl groups is 2. The smallest absolute Gasteiger partial charge is 0.349 e. The summed E-state index contributed by atoms with van der Waals surface area (Å²) in [7, 11) is 0. The lowest BCUT2D eigenvalue weighted by atomic mass is 10.7. The summed E-state index contributed by atoms with van der Waals surface area (Å²) in [5, 5.41) is 20.6. The molecular formula is C5H12N4O6. The van der Waals surface area contributed by atoms with Gasteiger partial charge in [-0.3, -0.25) is 20.1 Å². The van der Waals surface area contributed by atoms with Crippen LogP contribution in [0.4, 0.5) is 9.59 Å². The molecule has 10 nitrogen and oxygen atoms in total. The first-order chi connectivity index (χ1) is 6.95. The number of urea groups is 2. The van der Waals surface area contributed by atoms with E-state index in [1.807, 2.05) is 0 Å². The van der Waals surface area contributed by atoms with Crippen LogP contribution in [0.15, 0.2) is 0 Å². The maximum atomic E-state index is 10.5. The Kier molecular flexibility index (Phi) is 5.33. The number of aliphatic hydroxyl groups excluding tert-OH is 2. The molecule has 8 N–H and O–H groups in total. The van der Waals surface area contributed by atoms with Crippen LogP contribution < -0.4 is 22.1 Å². The summed E-state index contributed by atoms with van der Waals surface area (Å²) in [5.74, 6) is 0. The van der Waals surface area contributed by atoms with E-state index in [0.717, 1.165) is 0 Å². The van der Waals surface area contributed by atoms with Gasteiger partial charge in [-0.1, -0.05) is 0 Å². The number of nitrogens with two attached hydrogens (primary N) is 2. The van der Waals surface area contributed by atoms with Gasteiger partial charge in [0.2, 0.25) is 0 Å². The lowest BCUT2D eigenvalue weighted by molar-refractivity contribution is -0.305. The summed E-state index contributed by atoms with van der Waals surface area (Å²) in [5.41, 5.74) is 9.50. The molecule has 0 aliphatic carbocycles. The van der Waals surface area contributed by atoms with Crippen molar-refractivity contribution in [1.82, 2.24) is 10.6 Å². The summed E-state index contributed by atoms with van der Waals surface area (Å²) >= 11 is 0. The minimum Gasteiger partial charge on any atom is -0.370 e. The molecule has 0 fully saturated rings. The van der Waals surface area contributed by atoms with Gasteiger partial charge in [-0.05, 0) is 0 Å². The lowest BCUT2D eigenvalue weighted by Gasteiger charge is -2.31. The Balaban J connectivity index is 4.69. The number of nitrogens with one attached hydrogen (secondary N) is 2. The van der Waals surface area contributed by atoms with E-state index in [4.69, 9.17) is 21.7 Å². The Morgan fingerprint density at radius 2 is 1.40 bits per heavy atom. The van der Waals surface area contributed by atoms with Gasteiger partial charge in [0.15, 0.2) is 13.6 Å². The maximum Gasteiger partial charge on any atom is 0.349 e. The molecule has 0 radical (unpaired) electrons. The fraction of sp³-hybridized carbons (Fsp3) is 0.600. The summed E-state index contributed by atoms with van der Waals surface area (Å²) in [6.07, 6.45) is 0. The SMILES string of the molecule is NC(=O)NC(NC(N)=O)(OCO)OCO. The highest BCUT2D eigenvalue weighted by Gasteiger charge is 2.35. The summed E-state index contributed by atoms with van der Waals surface area (Å²) < 4.78 is 8.88. The highest BCUT2D eigenvalue weighted by Crippen LogP contribution is 2.04. The van der Waals surface area contributed by atoms with E-state index in [2.05, 4.69) is 9.47 Å². The molecule has 0 saturated heterocycles. The molecule has 0 heterocycles. The van der Waals surface area contributed by atoms with Crippen LogP contribution in [0.25, 0.3) is 0 Å². The van der Waals surface area contributed by atoms with Crippen LogP contribution in [-0.2, 0) is 9.47 Å². The van der Waals surface area contributed by atoms with Crippen molar-refractivity contribution in [3.8, 4) is 0 Å². The zero-order chi connectivity index (χ0) is 11.9. The molecular weight excluding hydrogens is 212 g/mol. The number of hydrogen-bond donors (Lipinski definition) is 6. The van der Waals surface area contributed by atoms with Crippen molar-refractivity contribution >= 4 is 12.1 Å². The fourth-order valence-electron chi connectivity index (χ4n) is 0.723. The van der Waals surface area contributed by atoms with Gasteiger partial charge in [0, 0.05) is 0 Å². The van der Waals surface area contributed by atoms with Crippen LogP contribution in [0.3, 0.4) is 0 Å². The molecule has 0 bridgehead atoms. The zero-order valence-corrected chi connectivity index (χ0v) is 7.60. The number of carbonyl (C=O) groups excluding carboxylic acids is 2. The molecule has 15 heavy (non-hydrogen) atoms. The molecule has 4 amide bonds. The van der Waals surface area contributed by atoms with Gasteiger partial charge in [-0.15, -0.1) is 0 Å². The first-order valence-corrected chi connectivity index (χ1v) is 3.60. The van der Waals surface area contributed by atoms with E-state index < -0.39 is 31.7 Å². The second-order valence-electron chi connectivity index (χ2n) is 2.14. The molecule has 0 rings (SSSR count). The van der Waals surface area contributed by atoms with Crippen molar-refractivity contribution in [2.45, 2.75) is 6.03 Å². The Labute approximate surface area is 84.1 Å². The summed E-state index contributed by atoms with van der Waals surface area (Å²) in [6.45, 7) is -1.86.